The smallest absolute Gasteiger partial charge is 0.213 e. The van der Waals surface area contributed by atoms with Crippen molar-refractivity contribution < 1.29 is 14.6 Å². The summed E-state index contributed by atoms with van der Waals surface area (Å²) in [6.45, 7) is 10.4. The molecule has 34 heavy (non-hydrogen) atoms. The van der Waals surface area contributed by atoms with E-state index in [4.69, 9.17) is 14.5 Å². The third-order valence-electron chi connectivity index (χ3n) is 7.17. The Morgan fingerprint density at radius 2 is 1.79 bits per heavy atom. The van der Waals surface area contributed by atoms with Gasteiger partial charge in [0.05, 0.1) is 30.7 Å². The molecule has 4 atom stereocenters. The highest BCUT2D eigenvalue weighted by atomic mass is 16.5. The van der Waals surface area contributed by atoms with Gasteiger partial charge in [0.15, 0.2) is 0 Å². The Hall–Kier alpha value is -2.18. The molecule has 6 heteroatoms. The number of pyridine rings is 2. The Kier molecular flexibility index (Phi) is 8.43. The fourth-order valence-corrected chi connectivity index (χ4v) is 5.08. The van der Waals surface area contributed by atoms with Gasteiger partial charge >= 0.3 is 0 Å². The van der Waals surface area contributed by atoms with Gasteiger partial charge < -0.3 is 19.5 Å². The van der Waals surface area contributed by atoms with Crippen LogP contribution < -0.4 is 9.64 Å². The summed E-state index contributed by atoms with van der Waals surface area (Å²) in [5.41, 5.74) is 3.23. The normalized spacial score (nSPS) is 26.4. The lowest BCUT2D eigenvalue weighted by Crippen LogP contribution is -2.37. The summed E-state index contributed by atoms with van der Waals surface area (Å²) in [6.07, 6.45) is 7.10. The fraction of sp³-hybridized carbons (Fsp3) is 0.643. The molecule has 1 aliphatic carbocycles. The number of anilines is 1. The quantitative estimate of drug-likeness (QED) is 0.580. The van der Waals surface area contributed by atoms with Gasteiger partial charge in [0.1, 0.15) is 6.10 Å². The van der Waals surface area contributed by atoms with E-state index in [1.807, 2.05) is 18.3 Å². The third-order valence-corrected chi connectivity index (χ3v) is 7.17. The first-order valence-electron chi connectivity index (χ1n) is 13.0. The van der Waals surface area contributed by atoms with Crippen molar-refractivity contribution in [2.45, 2.75) is 89.9 Å². The monoisotopic (exact) mass is 467 g/mol. The Morgan fingerprint density at radius 3 is 2.53 bits per heavy atom. The van der Waals surface area contributed by atoms with Crippen molar-refractivity contribution in [2.75, 3.05) is 24.6 Å². The summed E-state index contributed by atoms with van der Waals surface area (Å²) in [5.74, 6) is 2.00. The summed E-state index contributed by atoms with van der Waals surface area (Å²) in [6, 6.07) is 10.3. The first-order valence-corrected chi connectivity index (χ1v) is 13.0. The van der Waals surface area contributed by atoms with Gasteiger partial charge in [0, 0.05) is 30.5 Å². The van der Waals surface area contributed by atoms with Crippen LogP contribution in [0.1, 0.15) is 83.0 Å². The number of hydrogen-bond donors (Lipinski definition) is 1. The van der Waals surface area contributed by atoms with Gasteiger partial charge in [0.2, 0.25) is 5.88 Å². The average molecular weight is 468 g/mol. The van der Waals surface area contributed by atoms with Crippen LogP contribution in [0.25, 0.3) is 0 Å². The minimum absolute atomic E-state index is 0.100. The number of aliphatic hydroxyl groups is 1. The predicted molar refractivity (Wildman–Crippen MR) is 136 cm³/mol. The second-order valence-corrected chi connectivity index (χ2v) is 10.6. The molecule has 0 bridgehead atoms. The minimum atomic E-state index is -0.490. The zero-order valence-electron chi connectivity index (χ0n) is 21.2. The Balaban J connectivity index is 1.38. The highest BCUT2D eigenvalue weighted by Crippen LogP contribution is 2.32. The van der Waals surface area contributed by atoms with Crippen LogP contribution in [-0.4, -0.2) is 53.1 Å². The summed E-state index contributed by atoms with van der Waals surface area (Å²) >= 11 is 0. The summed E-state index contributed by atoms with van der Waals surface area (Å²) in [5, 5.41) is 10.5. The largest absolute Gasteiger partial charge is 0.474 e. The third kappa shape index (κ3) is 6.48. The van der Waals surface area contributed by atoms with E-state index in [1.165, 1.54) is 0 Å². The number of hydrogen-bond acceptors (Lipinski definition) is 6. The van der Waals surface area contributed by atoms with Gasteiger partial charge in [-0.1, -0.05) is 33.8 Å². The van der Waals surface area contributed by atoms with Gasteiger partial charge in [-0.15, -0.1) is 0 Å². The van der Waals surface area contributed by atoms with Crippen molar-refractivity contribution in [3.8, 4) is 5.88 Å². The van der Waals surface area contributed by atoms with Gasteiger partial charge in [-0.25, -0.2) is 4.98 Å². The molecule has 0 aromatic carbocycles. The predicted octanol–water partition coefficient (Wildman–Crippen LogP) is 5.32. The Labute approximate surface area is 204 Å². The van der Waals surface area contributed by atoms with E-state index in [0.717, 1.165) is 61.6 Å². The lowest BCUT2D eigenvalue weighted by Gasteiger charge is -2.30. The standard InChI is InChI=1S/C28H41N3O3/c1-19(2)25-14-12-22(15-29-25)31-16-23(32)18-33-27(17-31)21-7-5-8-24(13-11-21)34-28-10-6-9-26(30-28)20(3)4/h6,9-10,12,14-15,19-21,23-24,27,32H,5,7-8,11,13,16-18H2,1-4H3/t21?,23?,24-,27?/m0/s1. The summed E-state index contributed by atoms with van der Waals surface area (Å²) in [4.78, 5) is 11.6. The molecule has 1 saturated carbocycles. The maximum atomic E-state index is 10.5. The van der Waals surface area contributed by atoms with Crippen LogP contribution in [0, 0.1) is 5.92 Å². The van der Waals surface area contributed by atoms with Crippen molar-refractivity contribution in [3.63, 3.8) is 0 Å². The van der Waals surface area contributed by atoms with Gasteiger partial charge in [0.25, 0.3) is 0 Å². The SMILES string of the molecule is CC(C)c1ccc(N2CC(O)COC(C3CCC[C@H](Oc4cccc(C(C)C)n4)CC3)C2)cn1. The molecule has 2 aromatic heterocycles. The van der Waals surface area contributed by atoms with E-state index in [0.29, 0.717) is 30.9 Å². The summed E-state index contributed by atoms with van der Waals surface area (Å²) < 4.78 is 12.6. The first kappa shape index (κ1) is 24.9. The highest BCUT2D eigenvalue weighted by molar-refractivity contribution is 5.45. The fourth-order valence-electron chi connectivity index (χ4n) is 5.08. The molecule has 2 fully saturated rings. The van der Waals surface area contributed by atoms with Crippen LogP contribution in [0.15, 0.2) is 36.5 Å². The highest BCUT2D eigenvalue weighted by Gasteiger charge is 2.32. The number of aliphatic hydroxyl groups excluding tert-OH is 1. The van der Waals surface area contributed by atoms with Crippen molar-refractivity contribution in [1.82, 2.24) is 9.97 Å². The molecule has 186 valence electrons. The van der Waals surface area contributed by atoms with Crippen LogP contribution in [0.4, 0.5) is 5.69 Å². The van der Waals surface area contributed by atoms with Crippen LogP contribution >= 0.6 is 0 Å². The molecule has 3 unspecified atom stereocenters. The molecule has 3 heterocycles. The number of rotatable bonds is 6. The van der Waals surface area contributed by atoms with E-state index in [1.54, 1.807) is 0 Å². The van der Waals surface area contributed by atoms with Crippen LogP contribution in [0.2, 0.25) is 0 Å². The first-order chi connectivity index (χ1) is 16.4. The van der Waals surface area contributed by atoms with E-state index < -0.39 is 6.10 Å². The van der Waals surface area contributed by atoms with Crippen LogP contribution in [0.5, 0.6) is 5.88 Å². The molecule has 0 amide bonds. The van der Waals surface area contributed by atoms with Crippen LogP contribution in [0.3, 0.4) is 0 Å². The molecular formula is C28H41N3O3. The van der Waals surface area contributed by atoms with Gasteiger partial charge in [-0.05, 0) is 68.1 Å². The molecule has 2 aromatic rings. The van der Waals surface area contributed by atoms with Crippen molar-refractivity contribution in [2.24, 2.45) is 5.92 Å². The van der Waals surface area contributed by atoms with Crippen molar-refractivity contribution in [1.29, 1.82) is 0 Å². The average Bonchev–Trinajstić information content (AvgIpc) is 3.17. The number of nitrogens with zero attached hydrogens (tertiary/aromatic N) is 3. The molecule has 6 nitrogen and oxygen atoms in total. The van der Waals surface area contributed by atoms with Gasteiger partial charge in [-0.2, -0.15) is 0 Å². The second-order valence-electron chi connectivity index (χ2n) is 10.6. The number of ether oxygens (including phenoxy) is 2. The molecule has 1 N–H and O–H groups in total. The molecule has 2 aliphatic rings. The van der Waals surface area contributed by atoms with E-state index >= 15 is 0 Å². The zero-order valence-corrected chi connectivity index (χ0v) is 21.2. The molecule has 0 radical (unpaired) electrons. The molecular weight excluding hydrogens is 426 g/mol. The number of aromatic nitrogens is 2. The Bertz CT molecular complexity index is 902. The topological polar surface area (TPSA) is 67.7 Å². The lowest BCUT2D eigenvalue weighted by molar-refractivity contribution is -0.0168. The lowest BCUT2D eigenvalue weighted by atomic mass is 9.93. The summed E-state index contributed by atoms with van der Waals surface area (Å²) in [7, 11) is 0. The zero-order chi connectivity index (χ0) is 24.1. The van der Waals surface area contributed by atoms with E-state index in [2.05, 4.69) is 55.8 Å². The molecule has 4 rings (SSSR count). The van der Waals surface area contributed by atoms with Crippen molar-refractivity contribution >= 4 is 5.69 Å². The van der Waals surface area contributed by atoms with Crippen molar-refractivity contribution in [3.05, 3.63) is 47.9 Å². The minimum Gasteiger partial charge on any atom is -0.474 e. The van der Waals surface area contributed by atoms with Crippen LogP contribution in [-0.2, 0) is 4.74 Å². The van der Waals surface area contributed by atoms with Gasteiger partial charge in [-0.3, -0.25) is 4.98 Å². The maximum Gasteiger partial charge on any atom is 0.213 e. The second kappa shape index (κ2) is 11.5. The maximum absolute atomic E-state index is 10.5. The Morgan fingerprint density at radius 1 is 0.971 bits per heavy atom. The molecule has 1 saturated heterocycles. The number of β-amino-alcohol motifs (C(OH)–C–C–N with tert-alkyl or cyclic N) is 1. The molecule has 0 spiro atoms. The van der Waals surface area contributed by atoms with E-state index in [-0.39, 0.29) is 12.2 Å². The van der Waals surface area contributed by atoms with E-state index in [9.17, 15) is 5.11 Å². The molecule has 1 aliphatic heterocycles.